The maximum atomic E-state index is 11.3. The van der Waals surface area contributed by atoms with Crippen molar-refractivity contribution in [3.63, 3.8) is 0 Å². The highest BCUT2D eigenvalue weighted by Crippen LogP contribution is 2.30. The van der Waals surface area contributed by atoms with Crippen molar-refractivity contribution in [3.8, 4) is 0 Å². The number of carbonyl (C=O) groups is 1. The lowest BCUT2D eigenvalue weighted by Crippen LogP contribution is -2.31. The zero-order chi connectivity index (χ0) is 9.42. The number of guanidine groups is 1. The van der Waals surface area contributed by atoms with Gasteiger partial charge < -0.3 is 5.73 Å². The molecule has 0 aliphatic carbocycles. The summed E-state index contributed by atoms with van der Waals surface area (Å²) >= 11 is 4.81. The number of hydrogen-bond acceptors (Lipinski definition) is 4. The lowest BCUT2D eigenvalue weighted by Gasteiger charge is -1.98. The molecule has 1 aliphatic heterocycles. The molecule has 1 atom stereocenters. The number of halogens is 1. The number of rotatable bonds is 1. The molecule has 3 N–H and O–H groups in total. The van der Waals surface area contributed by atoms with E-state index in [0.717, 1.165) is 8.66 Å². The Bertz CT molecular complexity index is 387. The van der Waals surface area contributed by atoms with Gasteiger partial charge in [0.15, 0.2) is 12.0 Å². The van der Waals surface area contributed by atoms with Crippen molar-refractivity contribution in [3.05, 3.63) is 20.8 Å². The van der Waals surface area contributed by atoms with Crippen LogP contribution in [0.5, 0.6) is 0 Å². The van der Waals surface area contributed by atoms with Gasteiger partial charge in [-0.15, -0.1) is 11.3 Å². The van der Waals surface area contributed by atoms with E-state index < -0.39 is 6.04 Å². The van der Waals surface area contributed by atoms with Gasteiger partial charge in [-0.25, -0.2) is 4.99 Å². The van der Waals surface area contributed by atoms with E-state index in [1.54, 1.807) is 0 Å². The predicted octanol–water partition coefficient (Wildman–Crippen LogP) is 0.996. The van der Waals surface area contributed by atoms with Crippen LogP contribution in [0.15, 0.2) is 20.9 Å². The Labute approximate surface area is 87.0 Å². The summed E-state index contributed by atoms with van der Waals surface area (Å²) in [7, 11) is 0. The zero-order valence-corrected chi connectivity index (χ0v) is 8.85. The summed E-state index contributed by atoms with van der Waals surface area (Å²) in [5.74, 6) is 0.0337. The highest BCUT2D eigenvalue weighted by molar-refractivity contribution is 9.11. The highest BCUT2D eigenvalue weighted by Gasteiger charge is 2.27. The topological polar surface area (TPSA) is 67.5 Å². The van der Waals surface area contributed by atoms with Gasteiger partial charge in [-0.2, -0.15) is 0 Å². The molecule has 0 fully saturated rings. The molecule has 0 spiro atoms. The minimum atomic E-state index is -0.462. The molecule has 0 aromatic carbocycles. The van der Waals surface area contributed by atoms with Crippen LogP contribution in [-0.4, -0.2) is 11.9 Å². The molecule has 0 bridgehead atoms. The smallest absolute Gasteiger partial charge is 0.257 e. The summed E-state index contributed by atoms with van der Waals surface area (Å²) in [4.78, 5) is 16.1. The second kappa shape index (κ2) is 3.12. The van der Waals surface area contributed by atoms with Crippen LogP contribution in [0.4, 0.5) is 0 Å². The van der Waals surface area contributed by atoms with E-state index in [1.807, 2.05) is 12.1 Å². The average molecular weight is 260 g/mol. The Morgan fingerprint density at radius 2 is 2.38 bits per heavy atom. The van der Waals surface area contributed by atoms with Crippen molar-refractivity contribution < 1.29 is 4.79 Å². The number of nitrogens with two attached hydrogens (primary N) is 1. The van der Waals surface area contributed by atoms with E-state index in [2.05, 4.69) is 26.2 Å². The van der Waals surface area contributed by atoms with E-state index in [-0.39, 0.29) is 11.9 Å². The summed E-state index contributed by atoms with van der Waals surface area (Å²) in [6, 6.07) is 3.29. The molecular weight excluding hydrogens is 254 g/mol. The molecule has 1 aromatic rings. The lowest BCUT2D eigenvalue weighted by atomic mass is 10.2. The van der Waals surface area contributed by atoms with Crippen LogP contribution in [-0.2, 0) is 4.79 Å². The van der Waals surface area contributed by atoms with E-state index in [9.17, 15) is 4.79 Å². The van der Waals surface area contributed by atoms with Crippen molar-refractivity contribution in [1.29, 1.82) is 0 Å². The quantitative estimate of drug-likeness (QED) is 0.790. The van der Waals surface area contributed by atoms with Gasteiger partial charge in [0.25, 0.3) is 5.91 Å². The highest BCUT2D eigenvalue weighted by atomic mass is 79.9. The van der Waals surface area contributed by atoms with Gasteiger partial charge in [0, 0.05) is 4.88 Å². The second-order valence-corrected chi connectivity index (χ2v) is 5.04. The molecule has 1 aromatic heterocycles. The van der Waals surface area contributed by atoms with Gasteiger partial charge >= 0.3 is 0 Å². The first-order chi connectivity index (χ1) is 6.16. The first-order valence-electron chi connectivity index (χ1n) is 3.56. The van der Waals surface area contributed by atoms with Gasteiger partial charge in [-0.05, 0) is 28.1 Å². The maximum absolute atomic E-state index is 11.3. The fourth-order valence-corrected chi connectivity index (χ4v) is 2.55. The molecular formula is C7H6BrN3OS. The molecule has 4 nitrogen and oxygen atoms in total. The summed E-state index contributed by atoms with van der Waals surface area (Å²) < 4.78 is 0.982. The van der Waals surface area contributed by atoms with Crippen LogP contribution in [0.2, 0.25) is 0 Å². The van der Waals surface area contributed by atoms with Gasteiger partial charge in [0.2, 0.25) is 0 Å². The second-order valence-electron chi connectivity index (χ2n) is 2.55. The third-order valence-corrected chi connectivity index (χ3v) is 3.31. The minimum absolute atomic E-state index is 0.160. The maximum Gasteiger partial charge on any atom is 0.257 e. The van der Waals surface area contributed by atoms with Crippen LogP contribution in [0.25, 0.3) is 0 Å². The van der Waals surface area contributed by atoms with E-state index in [0.29, 0.717) is 0 Å². The fourth-order valence-electron chi connectivity index (χ4n) is 1.09. The Kier molecular flexibility index (Phi) is 2.09. The Hall–Kier alpha value is -0.880. The Morgan fingerprint density at radius 3 is 2.85 bits per heavy atom. The monoisotopic (exact) mass is 259 g/mol. The van der Waals surface area contributed by atoms with Crippen LogP contribution < -0.4 is 11.1 Å². The lowest BCUT2D eigenvalue weighted by molar-refractivity contribution is -0.120. The molecule has 0 saturated carbocycles. The van der Waals surface area contributed by atoms with Crippen LogP contribution in [0.1, 0.15) is 10.9 Å². The number of amides is 1. The largest absolute Gasteiger partial charge is 0.370 e. The summed E-state index contributed by atoms with van der Waals surface area (Å²) in [6.45, 7) is 0. The summed E-state index contributed by atoms with van der Waals surface area (Å²) in [5.41, 5.74) is 5.37. The molecule has 1 aliphatic rings. The van der Waals surface area contributed by atoms with Crippen molar-refractivity contribution in [2.45, 2.75) is 6.04 Å². The molecule has 6 heteroatoms. The molecule has 68 valence electrons. The van der Waals surface area contributed by atoms with Crippen LogP contribution >= 0.6 is 27.3 Å². The van der Waals surface area contributed by atoms with Gasteiger partial charge in [0.05, 0.1) is 3.79 Å². The third kappa shape index (κ3) is 1.59. The molecule has 0 radical (unpaired) electrons. The van der Waals surface area contributed by atoms with Crippen molar-refractivity contribution >= 4 is 39.1 Å². The molecule has 13 heavy (non-hydrogen) atoms. The predicted molar refractivity (Wildman–Crippen MR) is 54.5 cm³/mol. The third-order valence-electron chi connectivity index (χ3n) is 1.63. The summed E-state index contributed by atoms with van der Waals surface area (Å²) in [6.07, 6.45) is 0. The van der Waals surface area contributed by atoms with Gasteiger partial charge in [-0.1, -0.05) is 0 Å². The van der Waals surface area contributed by atoms with Gasteiger partial charge in [-0.3, -0.25) is 10.1 Å². The van der Waals surface area contributed by atoms with Crippen LogP contribution in [0, 0.1) is 0 Å². The zero-order valence-electron chi connectivity index (χ0n) is 6.45. The SMILES string of the molecule is NC1=NC(c2ccc(Br)s2)C(=O)N1. The van der Waals surface area contributed by atoms with Crippen LogP contribution in [0.3, 0.4) is 0 Å². The number of nitrogens with one attached hydrogen (secondary N) is 1. The first-order valence-corrected chi connectivity index (χ1v) is 5.17. The van der Waals surface area contributed by atoms with Crippen molar-refractivity contribution in [1.82, 2.24) is 5.32 Å². The minimum Gasteiger partial charge on any atom is -0.370 e. The van der Waals surface area contributed by atoms with E-state index in [4.69, 9.17) is 5.73 Å². The Balaban J connectivity index is 2.32. The number of hydrogen-bond donors (Lipinski definition) is 2. The molecule has 2 rings (SSSR count). The molecule has 0 saturated heterocycles. The van der Waals surface area contributed by atoms with E-state index in [1.165, 1.54) is 11.3 Å². The molecule has 1 unspecified atom stereocenters. The number of thiophene rings is 1. The van der Waals surface area contributed by atoms with E-state index >= 15 is 0 Å². The van der Waals surface area contributed by atoms with Gasteiger partial charge in [0.1, 0.15) is 0 Å². The number of carbonyl (C=O) groups excluding carboxylic acids is 1. The number of nitrogens with zero attached hydrogens (tertiary/aromatic N) is 1. The normalized spacial score (nSPS) is 21.5. The fraction of sp³-hybridized carbons (Fsp3) is 0.143. The average Bonchev–Trinajstić information content (AvgIpc) is 2.58. The Morgan fingerprint density at radius 1 is 1.62 bits per heavy atom. The summed E-state index contributed by atoms with van der Waals surface area (Å²) in [5, 5.41) is 2.45. The number of aliphatic imine (C=N–C) groups is 1. The first kappa shape index (κ1) is 8.71. The standard InChI is InChI=1S/C7H6BrN3OS/c8-4-2-1-3(13-4)5-6(12)11-7(9)10-5/h1-2,5H,(H3,9,10,11,12). The van der Waals surface area contributed by atoms with Crippen molar-refractivity contribution in [2.75, 3.05) is 0 Å². The molecule has 1 amide bonds. The molecule has 2 heterocycles. The van der Waals surface area contributed by atoms with Crippen molar-refractivity contribution in [2.24, 2.45) is 10.7 Å².